The Kier molecular flexibility index (Phi) is 5.09. The molecular formula is C23H26N4O4. The second kappa shape index (κ2) is 7.92. The quantitative estimate of drug-likeness (QED) is 0.701. The van der Waals surface area contributed by atoms with Crippen molar-refractivity contribution in [1.82, 2.24) is 14.9 Å². The minimum Gasteiger partial charge on any atom is -0.461 e. The third-order valence-corrected chi connectivity index (χ3v) is 6.54. The van der Waals surface area contributed by atoms with Gasteiger partial charge in [0.1, 0.15) is 18.4 Å². The zero-order valence-corrected chi connectivity index (χ0v) is 17.6. The highest BCUT2D eigenvalue weighted by molar-refractivity contribution is 5.89. The summed E-state index contributed by atoms with van der Waals surface area (Å²) in [6, 6.07) is 11.9. The van der Waals surface area contributed by atoms with E-state index in [4.69, 9.17) is 9.47 Å². The van der Waals surface area contributed by atoms with Crippen molar-refractivity contribution in [2.24, 2.45) is 0 Å². The summed E-state index contributed by atoms with van der Waals surface area (Å²) in [6.07, 6.45) is 4.23. The number of carbonyl (C=O) groups is 2. The number of aromatic nitrogens is 2. The minimum absolute atomic E-state index is 0.0881. The number of carbonyl (C=O) groups excluding carboxylic acids is 2. The van der Waals surface area contributed by atoms with Gasteiger partial charge >= 0.3 is 5.97 Å². The summed E-state index contributed by atoms with van der Waals surface area (Å²) in [5.74, 6) is 0.320. The Morgan fingerprint density at radius 1 is 1.19 bits per heavy atom. The molecule has 3 fully saturated rings. The Balaban J connectivity index is 1.29. The van der Waals surface area contributed by atoms with Gasteiger partial charge < -0.3 is 19.3 Å². The fourth-order valence-corrected chi connectivity index (χ4v) is 4.98. The molecule has 31 heavy (non-hydrogen) atoms. The summed E-state index contributed by atoms with van der Waals surface area (Å²) in [7, 11) is 0. The third-order valence-electron chi connectivity index (χ3n) is 6.54. The molecule has 0 saturated carbocycles. The van der Waals surface area contributed by atoms with E-state index in [1.165, 1.54) is 11.9 Å². The van der Waals surface area contributed by atoms with Crippen LogP contribution >= 0.6 is 0 Å². The molecule has 0 aliphatic carbocycles. The molecule has 1 amide bonds. The second-order valence-electron chi connectivity index (χ2n) is 8.25. The van der Waals surface area contributed by atoms with Gasteiger partial charge in [-0.15, -0.1) is 0 Å². The Bertz CT molecular complexity index is 975. The lowest BCUT2D eigenvalue weighted by molar-refractivity contribution is -0.140. The zero-order chi connectivity index (χ0) is 21.4. The fraction of sp³-hybridized carbons (Fsp3) is 0.478. The van der Waals surface area contributed by atoms with Crippen LogP contribution in [0.4, 0.5) is 5.82 Å². The molecule has 5 rings (SSSR count). The maximum Gasteiger partial charge on any atom is 0.357 e. The molecule has 1 spiro atoms. The van der Waals surface area contributed by atoms with Gasteiger partial charge in [0.15, 0.2) is 11.3 Å². The van der Waals surface area contributed by atoms with Crippen molar-refractivity contribution < 1.29 is 19.1 Å². The van der Waals surface area contributed by atoms with E-state index in [1.54, 1.807) is 13.0 Å². The number of esters is 1. The van der Waals surface area contributed by atoms with Crippen LogP contribution in [0.2, 0.25) is 0 Å². The Morgan fingerprint density at radius 2 is 1.97 bits per heavy atom. The average Bonchev–Trinajstić information content (AvgIpc) is 3.33. The van der Waals surface area contributed by atoms with E-state index < -0.39 is 11.6 Å². The van der Waals surface area contributed by atoms with Crippen molar-refractivity contribution >= 4 is 17.7 Å². The van der Waals surface area contributed by atoms with Crippen LogP contribution in [0.1, 0.15) is 54.7 Å². The van der Waals surface area contributed by atoms with Crippen molar-refractivity contribution in [3.63, 3.8) is 0 Å². The van der Waals surface area contributed by atoms with Crippen LogP contribution in [0.5, 0.6) is 0 Å². The molecular weight excluding hydrogens is 396 g/mol. The molecule has 8 heteroatoms. The van der Waals surface area contributed by atoms with Crippen molar-refractivity contribution in [2.45, 2.75) is 50.5 Å². The molecule has 2 aromatic rings. The van der Waals surface area contributed by atoms with Crippen LogP contribution in [0.25, 0.3) is 0 Å². The number of hydrogen-bond donors (Lipinski definition) is 0. The normalized spacial score (nSPS) is 24.5. The number of rotatable bonds is 4. The first-order valence-corrected chi connectivity index (χ1v) is 10.9. The molecule has 3 aliphatic heterocycles. The first kappa shape index (κ1) is 19.9. The number of nitrogens with zero attached hydrogens (tertiary/aromatic N) is 4. The molecule has 3 aliphatic rings. The van der Waals surface area contributed by atoms with E-state index in [0.29, 0.717) is 38.4 Å². The average molecular weight is 422 g/mol. The van der Waals surface area contributed by atoms with Gasteiger partial charge in [-0.05, 0) is 25.3 Å². The van der Waals surface area contributed by atoms with Gasteiger partial charge in [-0.2, -0.15) is 0 Å². The molecule has 2 atom stereocenters. The van der Waals surface area contributed by atoms with Crippen molar-refractivity contribution in [1.29, 1.82) is 0 Å². The lowest BCUT2D eigenvalue weighted by Gasteiger charge is -2.38. The largest absolute Gasteiger partial charge is 0.461 e. The summed E-state index contributed by atoms with van der Waals surface area (Å²) in [5, 5.41) is 0. The van der Waals surface area contributed by atoms with Crippen LogP contribution in [0.3, 0.4) is 0 Å². The Labute approximate surface area is 181 Å². The van der Waals surface area contributed by atoms with E-state index >= 15 is 0 Å². The molecule has 8 nitrogen and oxygen atoms in total. The van der Waals surface area contributed by atoms with Crippen molar-refractivity contribution in [3.05, 3.63) is 54.0 Å². The zero-order valence-electron chi connectivity index (χ0n) is 17.6. The summed E-state index contributed by atoms with van der Waals surface area (Å²) >= 11 is 0. The van der Waals surface area contributed by atoms with Crippen LogP contribution in [-0.2, 0) is 14.3 Å². The topological polar surface area (TPSA) is 84.9 Å². The van der Waals surface area contributed by atoms with Gasteiger partial charge in [-0.3, -0.25) is 4.79 Å². The SMILES string of the molecule is CCOC(=O)c1cc(N2CCC3(CC2)O[C@@H]2CC[C@@H](c4ccccc4)N2C3=O)ncn1. The van der Waals surface area contributed by atoms with Crippen LogP contribution in [0, 0.1) is 0 Å². The number of amides is 1. The van der Waals surface area contributed by atoms with Crippen LogP contribution in [0.15, 0.2) is 42.7 Å². The number of benzene rings is 1. The third kappa shape index (κ3) is 3.44. The number of piperidine rings is 1. The first-order chi connectivity index (χ1) is 15.1. The fourth-order valence-electron chi connectivity index (χ4n) is 4.98. The Hall–Kier alpha value is -3.00. The van der Waals surface area contributed by atoms with E-state index in [-0.39, 0.29) is 23.9 Å². The maximum atomic E-state index is 13.5. The summed E-state index contributed by atoms with van der Waals surface area (Å²) in [6.45, 7) is 3.31. The number of fused-ring (bicyclic) bond motifs is 1. The lowest BCUT2D eigenvalue weighted by Crippen LogP contribution is -2.50. The minimum atomic E-state index is -0.758. The van der Waals surface area contributed by atoms with Crippen LogP contribution < -0.4 is 4.90 Å². The molecule has 0 bridgehead atoms. The van der Waals surface area contributed by atoms with Crippen LogP contribution in [-0.4, -0.2) is 58.3 Å². The van der Waals surface area contributed by atoms with E-state index in [0.717, 1.165) is 12.8 Å². The molecule has 0 unspecified atom stereocenters. The lowest BCUT2D eigenvalue weighted by atomic mass is 9.89. The predicted molar refractivity (Wildman–Crippen MR) is 112 cm³/mol. The summed E-state index contributed by atoms with van der Waals surface area (Å²) < 4.78 is 11.4. The molecule has 1 aromatic carbocycles. The second-order valence-corrected chi connectivity index (χ2v) is 8.25. The molecule has 3 saturated heterocycles. The standard InChI is InChI=1S/C23H26N4O4/c1-2-30-21(28)17-14-19(25-15-24-17)26-12-10-23(11-13-26)22(29)27-18(8-9-20(27)31-23)16-6-4-3-5-7-16/h3-7,14-15,18,20H,2,8-13H2,1H3/t18-,20+/m0/s1. The van der Waals surface area contributed by atoms with Gasteiger partial charge in [0.25, 0.3) is 5.91 Å². The van der Waals surface area contributed by atoms with Gasteiger partial charge in [-0.1, -0.05) is 30.3 Å². The van der Waals surface area contributed by atoms with Gasteiger partial charge in [0.05, 0.1) is 12.6 Å². The van der Waals surface area contributed by atoms with Crippen molar-refractivity contribution in [2.75, 3.05) is 24.6 Å². The number of hydrogen-bond acceptors (Lipinski definition) is 7. The molecule has 0 N–H and O–H groups in total. The summed E-state index contributed by atoms with van der Waals surface area (Å²) in [5.41, 5.74) is 0.654. The van der Waals surface area contributed by atoms with E-state index in [1.807, 2.05) is 23.1 Å². The van der Waals surface area contributed by atoms with E-state index in [9.17, 15) is 9.59 Å². The number of ether oxygens (including phenoxy) is 2. The smallest absolute Gasteiger partial charge is 0.357 e. The highest BCUT2D eigenvalue weighted by atomic mass is 16.6. The maximum absolute atomic E-state index is 13.5. The van der Waals surface area contributed by atoms with Gasteiger partial charge in [-0.25, -0.2) is 14.8 Å². The first-order valence-electron chi connectivity index (χ1n) is 10.9. The highest BCUT2D eigenvalue weighted by Gasteiger charge is 2.57. The van der Waals surface area contributed by atoms with Crippen molar-refractivity contribution in [3.8, 4) is 0 Å². The van der Waals surface area contributed by atoms with E-state index in [2.05, 4.69) is 27.0 Å². The molecule has 4 heterocycles. The highest BCUT2D eigenvalue weighted by Crippen LogP contribution is 2.47. The molecule has 162 valence electrons. The molecule has 0 radical (unpaired) electrons. The number of anilines is 1. The van der Waals surface area contributed by atoms with Gasteiger partial charge in [0.2, 0.25) is 0 Å². The van der Waals surface area contributed by atoms with Gasteiger partial charge in [0, 0.05) is 32.0 Å². The summed E-state index contributed by atoms with van der Waals surface area (Å²) in [4.78, 5) is 37.9. The predicted octanol–water partition coefficient (Wildman–Crippen LogP) is 2.71. The monoisotopic (exact) mass is 422 g/mol. The molecule has 1 aromatic heterocycles. The Morgan fingerprint density at radius 3 is 2.71 bits per heavy atom.